The minimum atomic E-state index is -0.492. The number of hydrogen-bond acceptors (Lipinski definition) is 3. The molecule has 0 spiro atoms. The smallest absolute Gasteiger partial charge is 0.255 e. The first-order valence-electron chi connectivity index (χ1n) is 12.3. The Kier molecular flexibility index (Phi) is 6.78. The Balaban J connectivity index is 1.29. The van der Waals surface area contributed by atoms with Gasteiger partial charge in [-0.1, -0.05) is 42.6 Å². The van der Waals surface area contributed by atoms with Gasteiger partial charge in [-0.05, 0) is 55.5 Å². The van der Waals surface area contributed by atoms with Gasteiger partial charge in [0.2, 0.25) is 5.91 Å². The summed E-state index contributed by atoms with van der Waals surface area (Å²) in [4.78, 5) is 45.4. The van der Waals surface area contributed by atoms with Crippen molar-refractivity contribution in [2.75, 3.05) is 26.2 Å². The number of halogens is 2. The van der Waals surface area contributed by atoms with Crippen LogP contribution in [0.15, 0.2) is 48.5 Å². The first-order chi connectivity index (χ1) is 16.9. The Morgan fingerprint density at radius 1 is 0.857 bits per heavy atom. The van der Waals surface area contributed by atoms with E-state index in [-0.39, 0.29) is 34.3 Å². The number of likely N-dealkylation sites (tertiary alicyclic amines) is 1. The first kappa shape index (κ1) is 23.8. The van der Waals surface area contributed by atoms with E-state index in [1.54, 1.807) is 9.80 Å². The van der Waals surface area contributed by atoms with Crippen LogP contribution in [0.4, 0.5) is 4.39 Å². The molecule has 2 heterocycles. The fraction of sp³-hybridized carbons (Fsp3) is 0.444. The number of hydrogen-bond donors (Lipinski definition) is 0. The summed E-state index contributed by atoms with van der Waals surface area (Å²) in [6, 6.07) is 12.6. The van der Waals surface area contributed by atoms with Gasteiger partial charge in [-0.25, -0.2) is 4.39 Å². The van der Waals surface area contributed by atoms with Gasteiger partial charge in [0.05, 0.1) is 10.6 Å². The van der Waals surface area contributed by atoms with Crippen molar-refractivity contribution in [1.82, 2.24) is 14.7 Å². The number of nitrogens with zero attached hydrogens (tertiary/aromatic N) is 3. The molecule has 1 aliphatic carbocycles. The van der Waals surface area contributed by atoms with Crippen LogP contribution >= 0.6 is 11.6 Å². The molecule has 2 saturated heterocycles. The van der Waals surface area contributed by atoms with E-state index in [4.69, 9.17) is 11.6 Å². The number of benzene rings is 2. The van der Waals surface area contributed by atoms with Crippen molar-refractivity contribution in [3.8, 4) is 0 Å². The predicted octanol–water partition coefficient (Wildman–Crippen LogP) is 4.24. The van der Waals surface area contributed by atoms with E-state index in [0.717, 1.165) is 31.7 Å². The minimum Gasteiger partial charge on any atom is -0.337 e. The molecule has 184 valence electrons. The topological polar surface area (TPSA) is 60.9 Å². The third-order valence-electron chi connectivity index (χ3n) is 7.67. The van der Waals surface area contributed by atoms with Crippen molar-refractivity contribution in [2.24, 2.45) is 5.92 Å². The second kappa shape index (κ2) is 9.97. The van der Waals surface area contributed by atoms with E-state index in [9.17, 15) is 18.8 Å². The van der Waals surface area contributed by atoms with Gasteiger partial charge < -0.3 is 14.7 Å². The number of carbonyl (C=O) groups is 3. The van der Waals surface area contributed by atoms with Gasteiger partial charge in [-0.15, -0.1) is 0 Å². The normalized spacial score (nSPS) is 24.3. The highest BCUT2D eigenvalue weighted by Gasteiger charge is 2.48. The largest absolute Gasteiger partial charge is 0.337 e. The molecule has 2 aromatic carbocycles. The molecule has 1 saturated carbocycles. The Bertz CT molecular complexity index is 1120. The molecule has 3 amide bonds. The molecule has 5 rings (SSSR count). The van der Waals surface area contributed by atoms with Crippen molar-refractivity contribution in [1.29, 1.82) is 0 Å². The highest BCUT2D eigenvalue weighted by molar-refractivity contribution is 6.33. The van der Waals surface area contributed by atoms with E-state index in [2.05, 4.69) is 0 Å². The molecule has 0 bridgehead atoms. The lowest BCUT2D eigenvalue weighted by molar-refractivity contribution is -0.137. The lowest BCUT2D eigenvalue weighted by Crippen LogP contribution is -2.56. The van der Waals surface area contributed by atoms with Crippen LogP contribution in [-0.4, -0.2) is 70.7 Å². The van der Waals surface area contributed by atoms with E-state index in [1.165, 1.54) is 12.1 Å². The second-order valence-corrected chi connectivity index (χ2v) is 10.1. The van der Waals surface area contributed by atoms with Crippen molar-refractivity contribution in [3.63, 3.8) is 0 Å². The molecule has 3 fully saturated rings. The molecule has 0 N–H and O–H groups in total. The van der Waals surface area contributed by atoms with Crippen LogP contribution in [-0.2, 0) is 4.79 Å². The summed E-state index contributed by atoms with van der Waals surface area (Å²) in [5.41, 5.74) is 0.871. The molecule has 35 heavy (non-hydrogen) atoms. The average Bonchev–Trinajstić information content (AvgIpc) is 3.28. The van der Waals surface area contributed by atoms with Gasteiger partial charge in [0.15, 0.2) is 0 Å². The standard InChI is InChI=1S/C27H29ClFN3O3/c28-22-17-20(29)10-11-21(22)26(34)30-12-14-31(15-13-30)27(35)24-16-19-8-4-5-9-23(19)32(24)25(33)18-6-2-1-3-7-18/h1-3,6-7,10-11,17,19,23-24H,4-5,8-9,12-16H2. The summed E-state index contributed by atoms with van der Waals surface area (Å²) in [6.07, 6.45) is 4.91. The highest BCUT2D eigenvalue weighted by Crippen LogP contribution is 2.41. The fourth-order valence-corrected chi connectivity index (χ4v) is 6.12. The van der Waals surface area contributed by atoms with Crippen molar-refractivity contribution < 1.29 is 18.8 Å². The van der Waals surface area contributed by atoms with Gasteiger partial charge in [-0.3, -0.25) is 14.4 Å². The molecule has 6 nitrogen and oxygen atoms in total. The predicted molar refractivity (Wildman–Crippen MR) is 131 cm³/mol. The van der Waals surface area contributed by atoms with Crippen LogP contribution in [0.2, 0.25) is 5.02 Å². The Morgan fingerprint density at radius 2 is 1.54 bits per heavy atom. The van der Waals surface area contributed by atoms with E-state index >= 15 is 0 Å². The molecular formula is C27H29ClFN3O3. The zero-order chi connectivity index (χ0) is 24.5. The molecule has 3 unspecified atom stereocenters. The van der Waals surface area contributed by atoms with Crippen LogP contribution < -0.4 is 0 Å². The lowest BCUT2D eigenvalue weighted by Gasteiger charge is -2.38. The van der Waals surface area contributed by atoms with Crippen LogP contribution in [0, 0.1) is 11.7 Å². The van der Waals surface area contributed by atoms with Gasteiger partial charge >= 0.3 is 0 Å². The van der Waals surface area contributed by atoms with Gasteiger partial charge in [0.1, 0.15) is 11.9 Å². The maximum atomic E-state index is 13.7. The summed E-state index contributed by atoms with van der Waals surface area (Å²) in [7, 11) is 0. The van der Waals surface area contributed by atoms with Crippen molar-refractivity contribution in [3.05, 3.63) is 70.5 Å². The molecular weight excluding hydrogens is 469 g/mol. The number of carbonyl (C=O) groups excluding carboxylic acids is 3. The molecule has 2 aromatic rings. The van der Waals surface area contributed by atoms with Gasteiger partial charge in [0, 0.05) is 37.8 Å². The van der Waals surface area contributed by atoms with Crippen molar-refractivity contribution >= 4 is 29.3 Å². The van der Waals surface area contributed by atoms with Gasteiger partial charge in [-0.2, -0.15) is 0 Å². The molecule has 8 heteroatoms. The third-order valence-corrected chi connectivity index (χ3v) is 7.98. The Morgan fingerprint density at radius 3 is 2.26 bits per heavy atom. The Labute approximate surface area is 209 Å². The number of fused-ring (bicyclic) bond motifs is 1. The zero-order valence-corrected chi connectivity index (χ0v) is 20.3. The Hall–Kier alpha value is -2.93. The SMILES string of the molecule is O=C(c1ccc(F)cc1Cl)N1CCN(C(=O)C2CC3CCCCC3N2C(=O)c2ccccc2)CC1. The summed E-state index contributed by atoms with van der Waals surface area (Å²) < 4.78 is 13.4. The molecule has 3 aliphatic rings. The maximum Gasteiger partial charge on any atom is 0.255 e. The lowest BCUT2D eigenvalue weighted by atomic mass is 9.84. The molecule has 3 atom stereocenters. The van der Waals surface area contributed by atoms with E-state index in [0.29, 0.717) is 44.1 Å². The van der Waals surface area contributed by atoms with Crippen LogP contribution in [0.1, 0.15) is 52.8 Å². The molecule has 0 aromatic heterocycles. The molecule has 0 radical (unpaired) electrons. The molecule has 2 aliphatic heterocycles. The zero-order valence-electron chi connectivity index (χ0n) is 19.5. The number of piperazine rings is 1. The first-order valence-corrected chi connectivity index (χ1v) is 12.7. The van der Waals surface area contributed by atoms with Crippen LogP contribution in [0.5, 0.6) is 0 Å². The maximum absolute atomic E-state index is 13.7. The minimum absolute atomic E-state index is 0.0319. The van der Waals surface area contributed by atoms with E-state index < -0.39 is 11.9 Å². The number of rotatable bonds is 3. The van der Waals surface area contributed by atoms with Gasteiger partial charge in [0.25, 0.3) is 11.8 Å². The summed E-state index contributed by atoms with van der Waals surface area (Å²) in [5.74, 6) is -0.508. The second-order valence-electron chi connectivity index (χ2n) is 9.68. The van der Waals surface area contributed by atoms with E-state index in [1.807, 2.05) is 35.2 Å². The average molecular weight is 498 g/mol. The summed E-state index contributed by atoms with van der Waals surface area (Å²) >= 11 is 6.08. The fourth-order valence-electron chi connectivity index (χ4n) is 5.88. The monoisotopic (exact) mass is 497 g/mol. The van der Waals surface area contributed by atoms with Crippen LogP contribution in [0.3, 0.4) is 0 Å². The van der Waals surface area contributed by atoms with Crippen LogP contribution in [0.25, 0.3) is 0 Å². The number of amides is 3. The third kappa shape index (κ3) is 4.66. The highest BCUT2D eigenvalue weighted by atomic mass is 35.5. The summed E-state index contributed by atoms with van der Waals surface area (Å²) in [5, 5.41) is 0.0807. The quantitative estimate of drug-likeness (QED) is 0.637. The summed E-state index contributed by atoms with van der Waals surface area (Å²) in [6.45, 7) is 1.51. The van der Waals surface area contributed by atoms with Crippen molar-refractivity contribution in [2.45, 2.75) is 44.2 Å².